The molecule has 1 atom stereocenters. The molecule has 1 N–H and O–H groups in total. The summed E-state index contributed by atoms with van der Waals surface area (Å²) in [5.74, 6) is 1.48. The largest absolute Gasteiger partial charge is 0.494 e. The smallest absolute Gasteiger partial charge is 0.261 e. The van der Waals surface area contributed by atoms with E-state index >= 15 is 0 Å². The lowest BCUT2D eigenvalue weighted by Crippen LogP contribution is -2.38. The molecule has 0 spiro atoms. The molecule has 0 saturated carbocycles. The number of hydrogen-bond acceptors (Lipinski definition) is 3. The zero-order chi connectivity index (χ0) is 19.6. The fraction of sp³-hybridized carbons (Fsp3) is 0.409. The first-order chi connectivity index (χ1) is 13.0. The van der Waals surface area contributed by atoms with Gasteiger partial charge in [0.2, 0.25) is 0 Å². The first-order valence-electron chi connectivity index (χ1n) is 9.46. The topological polar surface area (TPSA) is 47.6 Å². The van der Waals surface area contributed by atoms with E-state index in [0.717, 1.165) is 29.7 Å². The number of para-hydroxylation sites is 1. The number of benzene rings is 2. The fourth-order valence-electron chi connectivity index (χ4n) is 2.79. The van der Waals surface area contributed by atoms with Crippen LogP contribution in [0.1, 0.15) is 37.8 Å². The lowest BCUT2D eigenvalue weighted by Gasteiger charge is -2.18. The van der Waals surface area contributed by atoms with Gasteiger partial charge in [0.05, 0.1) is 6.61 Å². The third kappa shape index (κ3) is 6.47. The van der Waals surface area contributed by atoms with Gasteiger partial charge in [-0.2, -0.15) is 0 Å². The van der Waals surface area contributed by atoms with Crippen molar-refractivity contribution < 1.29 is 14.3 Å². The minimum Gasteiger partial charge on any atom is -0.494 e. The summed E-state index contributed by atoms with van der Waals surface area (Å²) >= 11 is 6.04. The second kappa shape index (κ2) is 10.8. The Hall–Kier alpha value is -2.20. The Morgan fingerprint density at radius 2 is 1.96 bits per heavy atom. The molecule has 0 fully saturated rings. The van der Waals surface area contributed by atoms with Crippen LogP contribution in [0.25, 0.3) is 0 Å². The highest BCUT2D eigenvalue weighted by atomic mass is 35.5. The van der Waals surface area contributed by atoms with Gasteiger partial charge in [-0.05, 0) is 68.5 Å². The number of rotatable bonds is 10. The van der Waals surface area contributed by atoms with Gasteiger partial charge in [0, 0.05) is 11.6 Å². The quantitative estimate of drug-likeness (QED) is 0.584. The van der Waals surface area contributed by atoms with Crippen molar-refractivity contribution in [2.24, 2.45) is 0 Å². The third-order valence-corrected chi connectivity index (χ3v) is 4.69. The highest BCUT2D eigenvalue weighted by molar-refractivity contribution is 6.31. The highest BCUT2D eigenvalue weighted by Crippen LogP contribution is 2.22. The van der Waals surface area contributed by atoms with E-state index in [4.69, 9.17) is 21.1 Å². The summed E-state index contributed by atoms with van der Waals surface area (Å²) in [6.07, 6.45) is 1.78. The number of aryl methyl sites for hydroxylation is 2. The van der Waals surface area contributed by atoms with Gasteiger partial charge in [-0.3, -0.25) is 4.79 Å². The van der Waals surface area contributed by atoms with Crippen molar-refractivity contribution in [2.45, 2.75) is 46.1 Å². The lowest BCUT2D eigenvalue weighted by molar-refractivity contribution is -0.128. The molecular formula is C22H28ClNO3. The van der Waals surface area contributed by atoms with Crippen molar-refractivity contribution in [1.82, 2.24) is 5.32 Å². The monoisotopic (exact) mass is 389 g/mol. The zero-order valence-electron chi connectivity index (χ0n) is 16.3. The molecule has 0 radical (unpaired) electrons. The summed E-state index contributed by atoms with van der Waals surface area (Å²) in [5.41, 5.74) is 2.09. The Bertz CT molecular complexity index is 748. The number of nitrogens with one attached hydrogen (secondary N) is 1. The van der Waals surface area contributed by atoms with Crippen molar-refractivity contribution in [3.63, 3.8) is 0 Å². The number of amides is 1. The van der Waals surface area contributed by atoms with E-state index in [1.54, 1.807) is 12.1 Å². The summed E-state index contributed by atoms with van der Waals surface area (Å²) in [6.45, 7) is 7.07. The van der Waals surface area contributed by atoms with Gasteiger partial charge in [-0.25, -0.2) is 0 Å². The van der Waals surface area contributed by atoms with Gasteiger partial charge in [0.1, 0.15) is 11.5 Å². The van der Waals surface area contributed by atoms with Crippen molar-refractivity contribution in [2.75, 3.05) is 13.2 Å². The van der Waals surface area contributed by atoms with Crippen LogP contribution in [-0.2, 0) is 11.2 Å². The van der Waals surface area contributed by atoms with Crippen molar-refractivity contribution in [3.05, 3.63) is 58.6 Å². The molecule has 0 bridgehead atoms. The maximum atomic E-state index is 12.4. The predicted molar refractivity (Wildman–Crippen MR) is 110 cm³/mol. The average Bonchev–Trinajstić information content (AvgIpc) is 2.67. The van der Waals surface area contributed by atoms with Crippen LogP contribution >= 0.6 is 11.6 Å². The second-order valence-electron chi connectivity index (χ2n) is 6.36. The van der Waals surface area contributed by atoms with Gasteiger partial charge < -0.3 is 14.8 Å². The number of hydrogen-bond donors (Lipinski definition) is 1. The summed E-state index contributed by atoms with van der Waals surface area (Å²) < 4.78 is 11.5. The first kappa shape index (κ1) is 21.1. The molecule has 27 heavy (non-hydrogen) atoms. The van der Waals surface area contributed by atoms with Gasteiger partial charge in [-0.1, -0.05) is 36.7 Å². The van der Waals surface area contributed by atoms with Crippen LogP contribution in [-0.4, -0.2) is 25.2 Å². The highest BCUT2D eigenvalue weighted by Gasteiger charge is 2.18. The van der Waals surface area contributed by atoms with Gasteiger partial charge in [0.25, 0.3) is 5.91 Å². The van der Waals surface area contributed by atoms with E-state index in [9.17, 15) is 4.79 Å². The molecule has 0 unspecified atom stereocenters. The molecule has 2 aromatic rings. The first-order valence-corrected chi connectivity index (χ1v) is 9.84. The number of carbonyl (C=O) groups excluding carboxylic acids is 1. The summed E-state index contributed by atoms with van der Waals surface area (Å²) in [6, 6.07) is 13.4. The minimum absolute atomic E-state index is 0.0943. The summed E-state index contributed by atoms with van der Waals surface area (Å²) in [4.78, 5) is 12.4. The van der Waals surface area contributed by atoms with Crippen LogP contribution in [0.3, 0.4) is 0 Å². The van der Waals surface area contributed by atoms with Crippen molar-refractivity contribution in [3.8, 4) is 11.5 Å². The van der Waals surface area contributed by atoms with Gasteiger partial charge >= 0.3 is 0 Å². The average molecular weight is 390 g/mol. The Morgan fingerprint density at radius 1 is 1.19 bits per heavy atom. The SMILES string of the molecule is CCOc1ccccc1CCCNC(=O)[C@H](CC)Oc1ccc(Cl)c(C)c1. The van der Waals surface area contributed by atoms with Crippen LogP contribution in [0.15, 0.2) is 42.5 Å². The number of halogens is 1. The van der Waals surface area contributed by atoms with E-state index in [1.165, 1.54) is 0 Å². The predicted octanol–water partition coefficient (Wildman–Crippen LogP) is 4.95. The molecule has 4 nitrogen and oxygen atoms in total. The Morgan fingerprint density at radius 3 is 2.67 bits per heavy atom. The lowest BCUT2D eigenvalue weighted by atomic mass is 10.1. The van der Waals surface area contributed by atoms with E-state index in [-0.39, 0.29) is 5.91 Å². The van der Waals surface area contributed by atoms with Crippen LogP contribution in [0.4, 0.5) is 0 Å². The van der Waals surface area contributed by atoms with Gasteiger partial charge in [0.15, 0.2) is 6.10 Å². The standard InChI is InChI=1S/C22H28ClNO3/c1-4-20(27-18-12-13-19(23)16(3)15-18)22(25)24-14-8-10-17-9-6-7-11-21(17)26-5-2/h6-7,9,11-13,15,20H,4-5,8,10,14H2,1-3H3,(H,24,25)/t20-/m0/s1. The molecule has 1 amide bonds. The summed E-state index contributed by atoms with van der Waals surface area (Å²) in [7, 11) is 0. The molecular weight excluding hydrogens is 362 g/mol. The molecule has 0 heterocycles. The molecule has 0 saturated heterocycles. The Labute approximate surface area is 166 Å². The minimum atomic E-state index is -0.513. The van der Waals surface area contributed by atoms with E-state index < -0.39 is 6.10 Å². The maximum Gasteiger partial charge on any atom is 0.261 e. The third-order valence-electron chi connectivity index (χ3n) is 4.27. The molecule has 0 aliphatic heterocycles. The molecule has 0 aromatic heterocycles. The Balaban J connectivity index is 1.82. The Kier molecular flexibility index (Phi) is 8.46. The molecule has 146 valence electrons. The van der Waals surface area contributed by atoms with Crippen molar-refractivity contribution in [1.29, 1.82) is 0 Å². The van der Waals surface area contributed by atoms with Crippen LogP contribution in [0.5, 0.6) is 11.5 Å². The maximum absolute atomic E-state index is 12.4. The van der Waals surface area contributed by atoms with Gasteiger partial charge in [-0.15, -0.1) is 0 Å². The normalized spacial score (nSPS) is 11.7. The van der Waals surface area contributed by atoms with E-state index in [1.807, 2.05) is 45.0 Å². The van der Waals surface area contributed by atoms with E-state index in [0.29, 0.717) is 30.3 Å². The second-order valence-corrected chi connectivity index (χ2v) is 6.77. The molecule has 2 rings (SSSR count). The molecule has 5 heteroatoms. The fourth-order valence-corrected chi connectivity index (χ4v) is 2.91. The number of ether oxygens (including phenoxy) is 2. The van der Waals surface area contributed by atoms with Crippen LogP contribution in [0, 0.1) is 6.92 Å². The van der Waals surface area contributed by atoms with E-state index in [2.05, 4.69) is 11.4 Å². The molecule has 0 aliphatic rings. The summed E-state index contributed by atoms with van der Waals surface area (Å²) in [5, 5.41) is 3.66. The van der Waals surface area contributed by atoms with Crippen LogP contribution in [0.2, 0.25) is 5.02 Å². The molecule has 2 aromatic carbocycles. The number of carbonyl (C=O) groups is 1. The van der Waals surface area contributed by atoms with Crippen LogP contribution < -0.4 is 14.8 Å². The van der Waals surface area contributed by atoms with Crippen molar-refractivity contribution >= 4 is 17.5 Å². The molecule has 0 aliphatic carbocycles. The zero-order valence-corrected chi connectivity index (χ0v) is 17.0.